The molecular weight excluding hydrogens is 117 g/mol. The van der Waals surface area contributed by atoms with E-state index in [4.69, 9.17) is 0 Å². The summed E-state index contributed by atoms with van der Waals surface area (Å²) in [5, 5.41) is 0. The van der Waals surface area contributed by atoms with E-state index in [-0.39, 0.29) is 8.07 Å². The first-order valence-corrected chi connectivity index (χ1v) is 4.33. The van der Waals surface area contributed by atoms with E-state index in [1.165, 1.54) is 0 Å². The van der Waals surface area contributed by atoms with Gasteiger partial charge in [0.15, 0.2) is 0 Å². The van der Waals surface area contributed by atoms with Crippen molar-refractivity contribution in [2.24, 2.45) is 4.13 Å². The largest absolute Gasteiger partial charge is 0.203 e. The van der Waals surface area contributed by atoms with Crippen LogP contribution in [-0.4, -0.2) is 17.5 Å². The maximum Gasteiger partial charge on any atom is 0.203 e. The highest BCUT2D eigenvalue weighted by Gasteiger charge is 1.78. The van der Waals surface area contributed by atoms with Gasteiger partial charge in [-0.2, -0.15) is 8.34 Å². The molecule has 0 aliphatic carbocycles. The van der Waals surface area contributed by atoms with Crippen LogP contribution in [0.2, 0.25) is 0 Å². The van der Waals surface area contributed by atoms with Gasteiger partial charge in [-0.3, -0.25) is 0 Å². The molecule has 36 valence electrons. The Morgan fingerprint density at radius 2 is 2.17 bits per heavy atom. The zero-order valence-corrected chi connectivity index (χ0v) is 5.42. The lowest BCUT2D eigenvalue weighted by Crippen LogP contribution is -1.50. The van der Waals surface area contributed by atoms with E-state index >= 15 is 0 Å². The molecular formula is C2H6NOPS. The highest BCUT2D eigenvalue weighted by molar-refractivity contribution is 7.66. The minimum absolute atomic E-state index is 0.314. The average Bonchev–Trinajstić information content (AvgIpc) is 1.35. The monoisotopic (exact) mass is 123 g/mol. The highest BCUT2D eigenvalue weighted by Crippen LogP contribution is 2.24. The molecule has 0 amide bonds. The zero-order chi connectivity index (χ0) is 4.99. The zero-order valence-electron chi connectivity index (χ0n) is 3.71. The van der Waals surface area contributed by atoms with Crippen molar-refractivity contribution in [1.82, 2.24) is 0 Å². The summed E-state index contributed by atoms with van der Waals surface area (Å²) in [6, 6.07) is 0. The summed E-state index contributed by atoms with van der Waals surface area (Å²) in [6.45, 7) is 3.86. The SMILES string of the molecule is CP(C)N=S=O. The Bertz CT molecular complexity index is 77.6. The Balaban J connectivity index is 3.29. The van der Waals surface area contributed by atoms with Crippen LogP contribution in [0.25, 0.3) is 0 Å². The van der Waals surface area contributed by atoms with Crippen LogP contribution >= 0.6 is 8.07 Å². The van der Waals surface area contributed by atoms with Gasteiger partial charge < -0.3 is 0 Å². The molecule has 0 saturated carbocycles. The molecule has 6 heavy (non-hydrogen) atoms. The lowest BCUT2D eigenvalue weighted by Gasteiger charge is -1.82. The quantitative estimate of drug-likeness (QED) is 0.479. The molecule has 0 aromatic carbocycles. The Labute approximate surface area is 42.0 Å². The Morgan fingerprint density at radius 3 is 2.17 bits per heavy atom. The van der Waals surface area contributed by atoms with E-state index in [9.17, 15) is 4.21 Å². The molecule has 0 aliphatic heterocycles. The molecule has 0 rings (SSSR count). The smallest absolute Gasteiger partial charge is 0.191 e. The summed E-state index contributed by atoms with van der Waals surface area (Å²) in [5.74, 6) is 0. The first kappa shape index (κ1) is 6.25. The Morgan fingerprint density at radius 1 is 1.67 bits per heavy atom. The number of nitrogens with zero attached hydrogens (tertiary/aromatic N) is 1. The minimum Gasteiger partial charge on any atom is -0.191 e. The van der Waals surface area contributed by atoms with E-state index in [1.54, 1.807) is 0 Å². The molecule has 0 unspecified atom stereocenters. The molecule has 0 bridgehead atoms. The highest BCUT2D eigenvalue weighted by atomic mass is 32.1. The van der Waals surface area contributed by atoms with Crippen LogP contribution in [0.5, 0.6) is 0 Å². The summed E-state index contributed by atoms with van der Waals surface area (Å²) in [4.78, 5) is 0. The van der Waals surface area contributed by atoms with Gasteiger partial charge in [0.1, 0.15) is 0 Å². The fraction of sp³-hybridized carbons (Fsp3) is 1.00. The van der Waals surface area contributed by atoms with Gasteiger partial charge in [0.05, 0.1) is 0 Å². The van der Waals surface area contributed by atoms with E-state index in [1.807, 2.05) is 13.3 Å². The second kappa shape index (κ2) is 3.44. The van der Waals surface area contributed by atoms with Crippen molar-refractivity contribution in [3.8, 4) is 0 Å². The Kier molecular flexibility index (Phi) is 3.58. The molecule has 0 aromatic heterocycles. The second-order valence-corrected chi connectivity index (χ2v) is 3.50. The maximum absolute atomic E-state index is 9.51. The van der Waals surface area contributed by atoms with Crippen LogP contribution in [0, 0.1) is 0 Å². The number of hydrogen-bond donors (Lipinski definition) is 0. The van der Waals surface area contributed by atoms with Gasteiger partial charge in [-0.15, -0.1) is 0 Å². The second-order valence-electron chi connectivity index (χ2n) is 1.00. The molecule has 4 heteroatoms. The van der Waals surface area contributed by atoms with Gasteiger partial charge in [-0.25, -0.2) is 0 Å². The molecule has 0 spiro atoms. The van der Waals surface area contributed by atoms with E-state index < -0.39 is 0 Å². The van der Waals surface area contributed by atoms with Gasteiger partial charge in [-0.05, 0) is 13.3 Å². The van der Waals surface area contributed by atoms with Crippen LogP contribution in [0.15, 0.2) is 4.13 Å². The maximum atomic E-state index is 9.51. The summed E-state index contributed by atoms with van der Waals surface area (Å²) in [7, 11) is -0.325. The fourth-order valence-electron chi connectivity index (χ4n) is 0.0667. The molecule has 0 heterocycles. The van der Waals surface area contributed by atoms with E-state index in [0.717, 1.165) is 0 Å². The van der Waals surface area contributed by atoms with Crippen molar-refractivity contribution in [2.75, 3.05) is 13.3 Å². The standard InChI is InChI=1S/C2H6NOPS/c1-5(2)3-6-4/h1-2H3. The van der Waals surface area contributed by atoms with Crippen LogP contribution in [0.3, 0.4) is 0 Å². The van der Waals surface area contributed by atoms with Crippen molar-refractivity contribution in [2.45, 2.75) is 0 Å². The topological polar surface area (TPSA) is 29.4 Å². The van der Waals surface area contributed by atoms with Crippen molar-refractivity contribution >= 4 is 19.5 Å². The van der Waals surface area contributed by atoms with Crippen LogP contribution in [0.4, 0.5) is 0 Å². The lowest BCUT2D eigenvalue weighted by molar-refractivity contribution is 0.699. The fourth-order valence-corrected chi connectivity index (χ4v) is 0.600. The van der Waals surface area contributed by atoms with Gasteiger partial charge in [-0.1, -0.05) is 0 Å². The van der Waals surface area contributed by atoms with Crippen LogP contribution in [-0.2, 0) is 11.5 Å². The van der Waals surface area contributed by atoms with E-state index in [2.05, 4.69) is 4.13 Å². The molecule has 0 aliphatic rings. The Hall–Kier alpha value is 0.250. The molecule has 0 N–H and O–H groups in total. The normalized spacial score (nSPS) is 8.50. The van der Waals surface area contributed by atoms with Gasteiger partial charge >= 0.3 is 0 Å². The summed E-state index contributed by atoms with van der Waals surface area (Å²) >= 11 is 0.314. The lowest BCUT2D eigenvalue weighted by atomic mass is 11.9. The number of rotatable bonds is 1. The predicted octanol–water partition coefficient (Wildman–Crippen LogP) is 1.04. The van der Waals surface area contributed by atoms with Crippen molar-refractivity contribution in [1.29, 1.82) is 0 Å². The van der Waals surface area contributed by atoms with E-state index in [0.29, 0.717) is 11.5 Å². The summed E-state index contributed by atoms with van der Waals surface area (Å²) < 4.78 is 13.1. The molecule has 0 atom stereocenters. The third-order valence-corrected chi connectivity index (χ3v) is 1.77. The van der Waals surface area contributed by atoms with Gasteiger partial charge in [0.25, 0.3) is 0 Å². The third kappa shape index (κ3) is 4.25. The van der Waals surface area contributed by atoms with Crippen molar-refractivity contribution < 1.29 is 4.21 Å². The molecule has 0 saturated heterocycles. The minimum atomic E-state index is -0.325. The third-order valence-electron chi connectivity index (χ3n) is 0.197. The van der Waals surface area contributed by atoms with Crippen molar-refractivity contribution in [3.63, 3.8) is 0 Å². The first-order chi connectivity index (χ1) is 2.77. The first-order valence-electron chi connectivity index (χ1n) is 1.44. The van der Waals surface area contributed by atoms with Gasteiger partial charge in [0.2, 0.25) is 11.5 Å². The van der Waals surface area contributed by atoms with Crippen LogP contribution < -0.4 is 0 Å². The molecule has 2 nitrogen and oxygen atoms in total. The molecule has 0 fully saturated rings. The van der Waals surface area contributed by atoms with Crippen molar-refractivity contribution in [3.05, 3.63) is 0 Å². The van der Waals surface area contributed by atoms with Gasteiger partial charge in [0, 0.05) is 8.07 Å². The predicted molar refractivity (Wildman–Crippen MR) is 29.3 cm³/mol. The van der Waals surface area contributed by atoms with Crippen LogP contribution in [0.1, 0.15) is 0 Å². The molecule has 0 radical (unpaired) electrons. The summed E-state index contributed by atoms with van der Waals surface area (Å²) in [5.41, 5.74) is 0. The average molecular weight is 123 g/mol. The number of hydrogen-bond acceptors (Lipinski definition) is 2. The summed E-state index contributed by atoms with van der Waals surface area (Å²) in [6.07, 6.45) is 0. The molecule has 0 aromatic rings.